The number of carboxylic acid groups (broad SMARTS) is 1. The van der Waals surface area contributed by atoms with Crippen molar-refractivity contribution >= 4 is 12.0 Å². The number of carboxylic acids is 1. The van der Waals surface area contributed by atoms with E-state index in [9.17, 15) is 14.7 Å². The summed E-state index contributed by atoms with van der Waals surface area (Å²) >= 11 is 0. The first-order valence-electron chi connectivity index (χ1n) is 7.85. The van der Waals surface area contributed by atoms with Gasteiger partial charge in [0, 0.05) is 6.54 Å². The Hall–Kier alpha value is -1.26. The number of nitrogens with one attached hydrogen (secondary N) is 2. The first kappa shape index (κ1) is 15.1. The minimum Gasteiger partial charge on any atom is -0.480 e. The molecule has 2 amide bonds. The van der Waals surface area contributed by atoms with E-state index in [1.807, 2.05) is 0 Å². The first-order valence-corrected chi connectivity index (χ1v) is 7.85. The molecule has 5 heteroatoms. The van der Waals surface area contributed by atoms with Crippen LogP contribution in [0, 0.1) is 11.8 Å². The van der Waals surface area contributed by atoms with Gasteiger partial charge in [0.2, 0.25) is 0 Å². The van der Waals surface area contributed by atoms with Gasteiger partial charge < -0.3 is 15.7 Å². The van der Waals surface area contributed by atoms with Crippen LogP contribution >= 0.6 is 0 Å². The third-order valence-electron chi connectivity index (χ3n) is 4.83. The lowest BCUT2D eigenvalue weighted by atomic mass is 9.75. The van der Waals surface area contributed by atoms with Crippen molar-refractivity contribution in [3.8, 4) is 0 Å². The Morgan fingerprint density at radius 1 is 1.15 bits per heavy atom. The van der Waals surface area contributed by atoms with Gasteiger partial charge in [-0.3, -0.25) is 0 Å². The van der Waals surface area contributed by atoms with E-state index in [4.69, 9.17) is 0 Å². The largest absolute Gasteiger partial charge is 0.480 e. The molecule has 2 aliphatic carbocycles. The molecule has 114 valence electrons. The maximum atomic E-state index is 11.9. The molecule has 0 aromatic heterocycles. The standard InChI is InChI=1S/C15H26N2O3/c1-2-11-5-8-15(9-6-11,13(18)19)17-14(20)16-10-7-12-3-4-12/h11-12H,2-10H2,1H3,(H,18,19)(H2,16,17,20). The SMILES string of the molecule is CCC1CCC(NC(=O)NCCC2CC2)(C(=O)O)CC1. The fraction of sp³-hybridized carbons (Fsp3) is 0.867. The summed E-state index contributed by atoms with van der Waals surface area (Å²) in [5.74, 6) is 0.468. The Labute approximate surface area is 120 Å². The summed E-state index contributed by atoms with van der Waals surface area (Å²) in [5, 5.41) is 15.0. The van der Waals surface area contributed by atoms with E-state index in [-0.39, 0.29) is 6.03 Å². The van der Waals surface area contributed by atoms with Crippen LogP contribution in [0.1, 0.15) is 58.3 Å². The molecule has 0 saturated heterocycles. The minimum absolute atomic E-state index is 0.331. The van der Waals surface area contributed by atoms with Gasteiger partial charge in [0.05, 0.1) is 0 Å². The molecule has 0 heterocycles. The van der Waals surface area contributed by atoms with E-state index < -0.39 is 11.5 Å². The molecule has 0 aromatic carbocycles. The van der Waals surface area contributed by atoms with Gasteiger partial charge >= 0.3 is 12.0 Å². The van der Waals surface area contributed by atoms with Crippen molar-refractivity contribution in [1.82, 2.24) is 10.6 Å². The van der Waals surface area contributed by atoms with Crippen LogP contribution in [0.4, 0.5) is 4.79 Å². The molecule has 0 atom stereocenters. The summed E-state index contributed by atoms with van der Waals surface area (Å²) in [5.41, 5.74) is -1.06. The highest BCUT2D eigenvalue weighted by atomic mass is 16.4. The highest BCUT2D eigenvalue weighted by Crippen LogP contribution is 2.34. The van der Waals surface area contributed by atoms with E-state index in [1.54, 1.807) is 0 Å². The summed E-state index contributed by atoms with van der Waals surface area (Å²) < 4.78 is 0. The lowest BCUT2D eigenvalue weighted by molar-refractivity contribution is -0.146. The Balaban J connectivity index is 1.81. The summed E-state index contributed by atoms with van der Waals surface area (Å²) in [6.07, 6.45) is 7.46. The molecule has 3 N–H and O–H groups in total. The number of carbonyl (C=O) groups excluding carboxylic acids is 1. The van der Waals surface area contributed by atoms with E-state index in [0.29, 0.717) is 25.3 Å². The summed E-state index contributed by atoms with van der Waals surface area (Å²) in [6, 6.07) is -0.331. The van der Waals surface area contributed by atoms with Crippen LogP contribution < -0.4 is 10.6 Å². The van der Waals surface area contributed by atoms with Crippen molar-refractivity contribution in [1.29, 1.82) is 0 Å². The van der Waals surface area contributed by atoms with Gasteiger partial charge in [0.25, 0.3) is 0 Å². The molecule has 0 aliphatic heterocycles. The quantitative estimate of drug-likeness (QED) is 0.700. The van der Waals surface area contributed by atoms with Crippen LogP contribution in [0.15, 0.2) is 0 Å². The predicted octanol–water partition coefficient (Wildman–Crippen LogP) is 2.51. The maximum Gasteiger partial charge on any atom is 0.329 e. The lowest BCUT2D eigenvalue weighted by Crippen LogP contribution is -2.58. The molecular weight excluding hydrogens is 256 g/mol. The third-order valence-corrected chi connectivity index (χ3v) is 4.83. The Bertz CT molecular complexity index is 358. The lowest BCUT2D eigenvalue weighted by Gasteiger charge is -2.37. The topological polar surface area (TPSA) is 78.4 Å². The van der Waals surface area contributed by atoms with Gasteiger partial charge in [-0.05, 0) is 43.9 Å². The van der Waals surface area contributed by atoms with Gasteiger partial charge in [0.15, 0.2) is 0 Å². The van der Waals surface area contributed by atoms with Gasteiger partial charge in [-0.25, -0.2) is 9.59 Å². The van der Waals surface area contributed by atoms with Gasteiger partial charge in [-0.2, -0.15) is 0 Å². The van der Waals surface area contributed by atoms with Crippen molar-refractivity contribution in [3.05, 3.63) is 0 Å². The van der Waals surface area contributed by atoms with Gasteiger partial charge in [-0.1, -0.05) is 26.2 Å². The predicted molar refractivity (Wildman–Crippen MR) is 76.5 cm³/mol. The van der Waals surface area contributed by atoms with Gasteiger partial charge in [-0.15, -0.1) is 0 Å². The number of rotatable bonds is 6. The average Bonchev–Trinajstić information content (AvgIpc) is 3.23. The molecule has 2 saturated carbocycles. The molecular formula is C15H26N2O3. The number of aliphatic carboxylic acids is 1. The fourth-order valence-corrected chi connectivity index (χ4v) is 3.03. The second-order valence-corrected chi connectivity index (χ2v) is 6.35. The fourth-order valence-electron chi connectivity index (χ4n) is 3.03. The molecule has 2 aliphatic rings. The number of hydrogen-bond acceptors (Lipinski definition) is 2. The van der Waals surface area contributed by atoms with Crippen molar-refractivity contribution in [3.63, 3.8) is 0 Å². The van der Waals surface area contributed by atoms with Crippen LogP contribution in [-0.2, 0) is 4.79 Å². The monoisotopic (exact) mass is 282 g/mol. The van der Waals surface area contributed by atoms with Crippen molar-refractivity contribution in [2.45, 2.75) is 63.8 Å². The molecule has 20 heavy (non-hydrogen) atoms. The van der Waals surface area contributed by atoms with Gasteiger partial charge in [0.1, 0.15) is 5.54 Å². The number of amides is 2. The van der Waals surface area contributed by atoms with Crippen LogP contribution in [-0.4, -0.2) is 29.2 Å². The molecule has 2 rings (SSSR count). The zero-order valence-electron chi connectivity index (χ0n) is 12.3. The molecule has 2 fully saturated rings. The zero-order chi connectivity index (χ0) is 14.6. The number of urea groups is 1. The summed E-state index contributed by atoms with van der Waals surface area (Å²) in [7, 11) is 0. The van der Waals surface area contributed by atoms with Crippen molar-refractivity contribution in [2.24, 2.45) is 11.8 Å². The van der Waals surface area contributed by atoms with Crippen molar-refractivity contribution < 1.29 is 14.7 Å². The molecule has 0 bridgehead atoms. The van der Waals surface area contributed by atoms with E-state index in [0.717, 1.165) is 31.6 Å². The highest BCUT2D eigenvalue weighted by Gasteiger charge is 2.42. The maximum absolute atomic E-state index is 11.9. The third kappa shape index (κ3) is 3.87. The summed E-state index contributed by atoms with van der Waals surface area (Å²) in [6.45, 7) is 2.78. The normalized spacial score (nSPS) is 29.8. The van der Waals surface area contributed by atoms with E-state index >= 15 is 0 Å². The average molecular weight is 282 g/mol. The minimum atomic E-state index is -1.06. The van der Waals surface area contributed by atoms with Crippen LogP contribution in [0.5, 0.6) is 0 Å². The van der Waals surface area contributed by atoms with Crippen molar-refractivity contribution in [2.75, 3.05) is 6.54 Å². The Kier molecular flexibility index (Phi) is 4.89. The van der Waals surface area contributed by atoms with E-state index in [2.05, 4.69) is 17.6 Å². The second kappa shape index (κ2) is 6.46. The Morgan fingerprint density at radius 2 is 1.80 bits per heavy atom. The molecule has 0 spiro atoms. The van der Waals surface area contributed by atoms with Crippen LogP contribution in [0.3, 0.4) is 0 Å². The molecule has 5 nitrogen and oxygen atoms in total. The number of hydrogen-bond donors (Lipinski definition) is 3. The van der Waals surface area contributed by atoms with E-state index in [1.165, 1.54) is 12.8 Å². The first-order chi connectivity index (χ1) is 9.55. The zero-order valence-corrected chi connectivity index (χ0v) is 12.3. The molecule has 0 radical (unpaired) electrons. The van der Waals surface area contributed by atoms with Crippen LogP contribution in [0.2, 0.25) is 0 Å². The second-order valence-electron chi connectivity index (χ2n) is 6.35. The highest BCUT2D eigenvalue weighted by molar-refractivity contribution is 5.86. The summed E-state index contributed by atoms with van der Waals surface area (Å²) in [4.78, 5) is 23.4. The molecule has 0 aromatic rings. The smallest absolute Gasteiger partial charge is 0.329 e. The number of carbonyl (C=O) groups is 2. The van der Waals surface area contributed by atoms with Crippen LogP contribution in [0.25, 0.3) is 0 Å². The molecule has 0 unspecified atom stereocenters. The Morgan fingerprint density at radius 3 is 2.30 bits per heavy atom.